The van der Waals surface area contributed by atoms with Gasteiger partial charge in [0.2, 0.25) is 5.91 Å². The molecule has 0 aromatic carbocycles. The smallest absolute Gasteiger partial charge is 0.361 e. The molecule has 2 aromatic heterocycles. The molecular formula is C13H13F3N4O2. The molecule has 1 amide bonds. The largest absolute Gasteiger partial charge is 0.397 e. The lowest BCUT2D eigenvalue weighted by Gasteiger charge is -2.26. The van der Waals surface area contributed by atoms with Crippen molar-refractivity contribution in [2.24, 2.45) is 0 Å². The number of carbonyl (C=O) groups excluding carboxylic acids is 1. The lowest BCUT2D eigenvalue weighted by Crippen LogP contribution is -2.38. The molecule has 0 aliphatic carbocycles. The van der Waals surface area contributed by atoms with E-state index in [0.29, 0.717) is 30.0 Å². The van der Waals surface area contributed by atoms with Crippen LogP contribution in [0.15, 0.2) is 23.0 Å². The fraction of sp³-hybridized carbons (Fsp3) is 0.462. The third-order valence-electron chi connectivity index (χ3n) is 3.48. The van der Waals surface area contributed by atoms with Crippen LogP contribution in [0.2, 0.25) is 0 Å². The van der Waals surface area contributed by atoms with E-state index in [4.69, 9.17) is 4.52 Å². The van der Waals surface area contributed by atoms with Crippen molar-refractivity contribution in [3.8, 4) is 0 Å². The number of fused-ring (bicyclic) bond motifs is 1. The molecular weight excluding hydrogens is 301 g/mol. The van der Waals surface area contributed by atoms with Gasteiger partial charge in [-0.25, -0.2) is 0 Å². The predicted molar refractivity (Wildman–Crippen MR) is 67.6 cm³/mol. The molecule has 2 aromatic rings. The van der Waals surface area contributed by atoms with Crippen LogP contribution in [0.5, 0.6) is 0 Å². The van der Waals surface area contributed by atoms with Crippen LogP contribution in [0.4, 0.5) is 13.2 Å². The lowest BCUT2D eigenvalue weighted by molar-refractivity contribution is -0.162. The van der Waals surface area contributed by atoms with Gasteiger partial charge < -0.3 is 9.42 Å². The van der Waals surface area contributed by atoms with E-state index in [1.807, 2.05) is 0 Å². The Hall–Kier alpha value is -2.32. The number of halogens is 3. The van der Waals surface area contributed by atoms with E-state index in [2.05, 4.69) is 10.3 Å². The minimum atomic E-state index is -4.50. The molecule has 1 aliphatic heterocycles. The fourth-order valence-electron chi connectivity index (χ4n) is 2.43. The average Bonchev–Trinajstić information content (AvgIpc) is 3.07. The topological polar surface area (TPSA) is 64.2 Å². The summed E-state index contributed by atoms with van der Waals surface area (Å²) in [4.78, 5) is 12.9. The predicted octanol–water partition coefficient (Wildman–Crippen LogP) is 1.76. The Bertz CT molecular complexity index is 663. The molecule has 118 valence electrons. The number of aromatic nitrogens is 3. The van der Waals surface area contributed by atoms with E-state index < -0.39 is 18.5 Å². The molecule has 1 aliphatic rings. The summed E-state index contributed by atoms with van der Waals surface area (Å²) in [5.74, 6) is -0.303. The fourth-order valence-corrected chi connectivity index (χ4v) is 2.43. The minimum Gasteiger partial charge on any atom is -0.361 e. The maximum atomic E-state index is 12.3. The van der Waals surface area contributed by atoms with E-state index in [-0.39, 0.29) is 13.1 Å². The summed E-state index contributed by atoms with van der Waals surface area (Å²) in [6.07, 6.45) is -2.21. The zero-order valence-electron chi connectivity index (χ0n) is 11.5. The number of alkyl halides is 3. The summed E-state index contributed by atoms with van der Waals surface area (Å²) in [7, 11) is 0. The molecule has 0 fully saturated rings. The molecule has 0 bridgehead atoms. The highest BCUT2D eigenvalue weighted by Gasteiger charge is 2.35. The highest BCUT2D eigenvalue weighted by molar-refractivity contribution is 5.77. The van der Waals surface area contributed by atoms with Crippen LogP contribution in [0, 0.1) is 0 Å². The van der Waals surface area contributed by atoms with Crippen LogP contribution in [0.25, 0.3) is 0 Å². The van der Waals surface area contributed by atoms with Crippen molar-refractivity contribution in [1.82, 2.24) is 19.8 Å². The summed E-state index contributed by atoms with van der Waals surface area (Å²) < 4.78 is 43.9. The van der Waals surface area contributed by atoms with E-state index in [1.54, 1.807) is 23.1 Å². The average molecular weight is 314 g/mol. The van der Waals surface area contributed by atoms with E-state index in [9.17, 15) is 18.0 Å². The first-order chi connectivity index (χ1) is 10.4. The molecule has 0 saturated carbocycles. The van der Waals surface area contributed by atoms with Gasteiger partial charge in [0.15, 0.2) is 0 Å². The maximum Gasteiger partial charge on any atom is 0.397 e. The van der Waals surface area contributed by atoms with Crippen molar-refractivity contribution in [2.75, 3.05) is 6.54 Å². The van der Waals surface area contributed by atoms with Gasteiger partial charge in [0, 0.05) is 30.9 Å². The van der Waals surface area contributed by atoms with Crippen molar-refractivity contribution in [3.63, 3.8) is 0 Å². The molecule has 0 unspecified atom stereocenters. The van der Waals surface area contributed by atoms with Crippen LogP contribution < -0.4 is 0 Å². The SMILES string of the molecule is O=C(CC(F)(F)F)N1CCc2onc(Cn3cccn3)c2C1. The summed E-state index contributed by atoms with van der Waals surface area (Å²) in [5, 5.41) is 7.99. The van der Waals surface area contributed by atoms with Crippen molar-refractivity contribution in [3.05, 3.63) is 35.5 Å². The van der Waals surface area contributed by atoms with E-state index >= 15 is 0 Å². The monoisotopic (exact) mass is 314 g/mol. The Balaban J connectivity index is 1.74. The number of hydrogen-bond donors (Lipinski definition) is 0. The molecule has 3 rings (SSSR count). The number of carbonyl (C=O) groups is 1. The number of rotatable bonds is 3. The van der Waals surface area contributed by atoms with Gasteiger partial charge in [0.05, 0.1) is 13.1 Å². The van der Waals surface area contributed by atoms with Crippen LogP contribution in [-0.4, -0.2) is 38.5 Å². The second kappa shape index (κ2) is 5.47. The first-order valence-electron chi connectivity index (χ1n) is 6.70. The lowest BCUT2D eigenvalue weighted by atomic mass is 10.1. The Labute approximate surface area is 123 Å². The molecule has 22 heavy (non-hydrogen) atoms. The van der Waals surface area contributed by atoms with Gasteiger partial charge in [-0.05, 0) is 6.07 Å². The Morgan fingerprint density at radius 3 is 2.91 bits per heavy atom. The van der Waals surface area contributed by atoms with E-state index in [1.165, 1.54) is 4.90 Å². The van der Waals surface area contributed by atoms with Crippen LogP contribution in [-0.2, 0) is 24.3 Å². The van der Waals surface area contributed by atoms with Crippen LogP contribution in [0.1, 0.15) is 23.4 Å². The quantitative estimate of drug-likeness (QED) is 0.866. The van der Waals surface area contributed by atoms with Crippen molar-refractivity contribution >= 4 is 5.91 Å². The van der Waals surface area contributed by atoms with Gasteiger partial charge in [-0.3, -0.25) is 9.48 Å². The van der Waals surface area contributed by atoms with Crippen molar-refractivity contribution < 1.29 is 22.5 Å². The molecule has 0 saturated heterocycles. The van der Waals surface area contributed by atoms with Crippen LogP contribution in [0.3, 0.4) is 0 Å². The molecule has 0 radical (unpaired) electrons. The molecule has 0 atom stereocenters. The van der Waals surface area contributed by atoms with E-state index in [0.717, 1.165) is 0 Å². The highest BCUT2D eigenvalue weighted by Crippen LogP contribution is 2.26. The van der Waals surface area contributed by atoms with Crippen molar-refractivity contribution in [1.29, 1.82) is 0 Å². The Morgan fingerprint density at radius 2 is 2.23 bits per heavy atom. The standard InChI is InChI=1S/C13H13F3N4O2/c14-13(15,16)6-12(21)19-5-2-11-9(7-19)10(18-22-11)8-20-4-1-3-17-20/h1,3-4H,2,5-8H2. The first kappa shape index (κ1) is 14.6. The highest BCUT2D eigenvalue weighted by atomic mass is 19.4. The number of amides is 1. The Morgan fingerprint density at radius 1 is 1.41 bits per heavy atom. The van der Waals surface area contributed by atoms with Gasteiger partial charge in [0.25, 0.3) is 0 Å². The van der Waals surface area contributed by atoms with Crippen molar-refractivity contribution in [2.45, 2.75) is 32.1 Å². The van der Waals surface area contributed by atoms with Gasteiger partial charge in [0.1, 0.15) is 17.9 Å². The van der Waals surface area contributed by atoms with Gasteiger partial charge in [-0.1, -0.05) is 5.16 Å². The van der Waals surface area contributed by atoms with Crippen LogP contribution >= 0.6 is 0 Å². The second-order valence-electron chi connectivity index (χ2n) is 5.09. The summed E-state index contributed by atoms with van der Waals surface area (Å²) in [6.45, 7) is 0.649. The molecule has 0 spiro atoms. The zero-order chi connectivity index (χ0) is 15.7. The summed E-state index contributed by atoms with van der Waals surface area (Å²) >= 11 is 0. The van der Waals surface area contributed by atoms with Gasteiger partial charge in [-0.2, -0.15) is 18.3 Å². The first-order valence-corrected chi connectivity index (χ1v) is 6.70. The maximum absolute atomic E-state index is 12.3. The number of nitrogens with zero attached hydrogens (tertiary/aromatic N) is 4. The summed E-state index contributed by atoms with van der Waals surface area (Å²) in [6, 6.07) is 1.76. The number of hydrogen-bond acceptors (Lipinski definition) is 4. The third kappa shape index (κ3) is 3.12. The second-order valence-corrected chi connectivity index (χ2v) is 5.09. The van der Waals surface area contributed by atoms with Gasteiger partial charge in [-0.15, -0.1) is 0 Å². The molecule has 3 heterocycles. The summed E-state index contributed by atoms with van der Waals surface area (Å²) in [5.41, 5.74) is 1.26. The molecule has 0 N–H and O–H groups in total. The molecule has 9 heteroatoms. The third-order valence-corrected chi connectivity index (χ3v) is 3.48. The zero-order valence-corrected chi connectivity index (χ0v) is 11.5. The normalized spacial score (nSPS) is 15.0. The van der Waals surface area contributed by atoms with Gasteiger partial charge >= 0.3 is 6.18 Å². The Kier molecular flexibility index (Phi) is 3.63. The molecule has 6 nitrogen and oxygen atoms in total. The minimum absolute atomic E-state index is 0.0876.